The van der Waals surface area contributed by atoms with Crippen LogP contribution in [0.1, 0.15) is 22.8 Å². The number of aliphatic hydroxyl groups is 1. The number of carbonyl (C=O) groups is 2. The van der Waals surface area contributed by atoms with Crippen molar-refractivity contribution in [2.45, 2.75) is 17.9 Å². The molecule has 0 spiro atoms. The van der Waals surface area contributed by atoms with E-state index in [1.54, 1.807) is 12.1 Å². The van der Waals surface area contributed by atoms with Crippen LogP contribution in [0.25, 0.3) is 0 Å². The molecule has 1 aromatic carbocycles. The standard InChI is InChI=1S/C12H12BrClO4/c13-5-8-3-7(4-9(15)6-14)1-2-10(8)11(16)12(17)18/h1-3,11,16H,4-6H2,(H,17,18). The first-order chi connectivity index (χ1) is 8.49. The molecule has 0 saturated carbocycles. The molecule has 0 aromatic heterocycles. The third-order valence-corrected chi connectivity index (χ3v) is 3.33. The molecule has 1 rings (SSSR count). The van der Waals surface area contributed by atoms with Gasteiger partial charge in [-0.25, -0.2) is 4.79 Å². The molecule has 0 fully saturated rings. The van der Waals surface area contributed by atoms with E-state index in [0.717, 1.165) is 5.56 Å². The van der Waals surface area contributed by atoms with E-state index < -0.39 is 12.1 Å². The Kier molecular flexibility index (Phi) is 5.78. The highest BCUT2D eigenvalue weighted by Gasteiger charge is 2.19. The Labute approximate surface area is 118 Å². The van der Waals surface area contributed by atoms with Gasteiger partial charge in [0.25, 0.3) is 0 Å². The minimum Gasteiger partial charge on any atom is -0.479 e. The molecule has 0 radical (unpaired) electrons. The zero-order valence-corrected chi connectivity index (χ0v) is 11.7. The number of rotatable bonds is 6. The monoisotopic (exact) mass is 334 g/mol. The van der Waals surface area contributed by atoms with Gasteiger partial charge in [-0.2, -0.15) is 0 Å². The molecule has 4 nitrogen and oxygen atoms in total. The van der Waals surface area contributed by atoms with E-state index in [1.165, 1.54) is 6.07 Å². The fraction of sp³-hybridized carbons (Fsp3) is 0.333. The molecule has 98 valence electrons. The topological polar surface area (TPSA) is 74.6 Å². The highest BCUT2D eigenvalue weighted by atomic mass is 79.9. The molecule has 1 atom stereocenters. The number of carboxylic acid groups (broad SMARTS) is 1. The highest BCUT2D eigenvalue weighted by molar-refractivity contribution is 9.08. The zero-order chi connectivity index (χ0) is 13.7. The lowest BCUT2D eigenvalue weighted by Crippen LogP contribution is -2.13. The Morgan fingerprint density at radius 3 is 2.56 bits per heavy atom. The third kappa shape index (κ3) is 3.80. The van der Waals surface area contributed by atoms with E-state index in [0.29, 0.717) is 16.5 Å². The average molecular weight is 336 g/mol. The van der Waals surface area contributed by atoms with Crippen molar-refractivity contribution in [3.05, 3.63) is 34.9 Å². The quantitative estimate of drug-likeness (QED) is 0.780. The van der Waals surface area contributed by atoms with Crippen molar-refractivity contribution in [3.8, 4) is 0 Å². The van der Waals surface area contributed by atoms with Gasteiger partial charge in [0.15, 0.2) is 11.9 Å². The predicted molar refractivity (Wildman–Crippen MR) is 71.1 cm³/mol. The molecule has 0 saturated heterocycles. The number of carboxylic acids is 1. The molecule has 0 heterocycles. The van der Waals surface area contributed by atoms with Crippen LogP contribution in [-0.2, 0) is 21.3 Å². The van der Waals surface area contributed by atoms with Crippen LogP contribution >= 0.6 is 27.5 Å². The SMILES string of the molecule is O=C(CCl)Cc1ccc(C(O)C(=O)O)c(CBr)c1. The van der Waals surface area contributed by atoms with Crippen LogP contribution in [0.5, 0.6) is 0 Å². The Morgan fingerprint density at radius 2 is 2.06 bits per heavy atom. The second kappa shape index (κ2) is 6.87. The molecule has 6 heteroatoms. The molecule has 2 N–H and O–H groups in total. The number of benzene rings is 1. The van der Waals surface area contributed by atoms with E-state index in [1.807, 2.05) is 0 Å². The van der Waals surface area contributed by atoms with Crippen molar-refractivity contribution in [3.63, 3.8) is 0 Å². The lowest BCUT2D eigenvalue weighted by atomic mass is 9.98. The number of carbonyl (C=O) groups excluding carboxylic acids is 1. The Morgan fingerprint density at radius 1 is 1.39 bits per heavy atom. The maximum absolute atomic E-state index is 11.2. The second-order valence-corrected chi connectivity index (χ2v) is 4.58. The van der Waals surface area contributed by atoms with Gasteiger partial charge >= 0.3 is 5.97 Å². The van der Waals surface area contributed by atoms with Crippen molar-refractivity contribution in [1.29, 1.82) is 0 Å². The lowest BCUT2D eigenvalue weighted by Gasteiger charge is -2.12. The summed E-state index contributed by atoms with van der Waals surface area (Å²) in [7, 11) is 0. The number of alkyl halides is 2. The van der Waals surface area contributed by atoms with Crippen molar-refractivity contribution in [1.82, 2.24) is 0 Å². The Balaban J connectivity index is 3.03. The van der Waals surface area contributed by atoms with E-state index in [9.17, 15) is 14.7 Å². The van der Waals surface area contributed by atoms with Crippen molar-refractivity contribution in [2.24, 2.45) is 0 Å². The van der Waals surface area contributed by atoms with Crippen LogP contribution in [0.4, 0.5) is 0 Å². The first-order valence-corrected chi connectivity index (χ1v) is 6.81. The average Bonchev–Trinajstić information content (AvgIpc) is 2.37. The second-order valence-electron chi connectivity index (χ2n) is 3.76. The molecule has 0 aliphatic carbocycles. The maximum atomic E-state index is 11.2. The largest absolute Gasteiger partial charge is 0.479 e. The summed E-state index contributed by atoms with van der Waals surface area (Å²) in [5, 5.41) is 18.7. The van der Waals surface area contributed by atoms with Gasteiger partial charge in [-0.05, 0) is 16.7 Å². The van der Waals surface area contributed by atoms with Crippen LogP contribution in [0.15, 0.2) is 18.2 Å². The number of aliphatic hydroxyl groups excluding tert-OH is 1. The first kappa shape index (κ1) is 15.1. The molecule has 1 aromatic rings. The van der Waals surface area contributed by atoms with Crippen LogP contribution in [0.3, 0.4) is 0 Å². The van der Waals surface area contributed by atoms with Crippen molar-refractivity contribution < 1.29 is 19.8 Å². The van der Waals surface area contributed by atoms with Gasteiger partial charge in [0, 0.05) is 11.8 Å². The summed E-state index contributed by atoms with van der Waals surface area (Å²) in [4.78, 5) is 22.0. The van der Waals surface area contributed by atoms with Crippen LogP contribution < -0.4 is 0 Å². The minimum atomic E-state index is -1.56. The molecule has 0 aliphatic heterocycles. The third-order valence-electron chi connectivity index (χ3n) is 2.43. The first-order valence-electron chi connectivity index (χ1n) is 5.15. The minimum absolute atomic E-state index is 0.0524. The summed E-state index contributed by atoms with van der Waals surface area (Å²) in [6.07, 6.45) is -1.36. The van der Waals surface area contributed by atoms with E-state index in [2.05, 4.69) is 15.9 Å². The number of aliphatic carboxylic acids is 1. The van der Waals surface area contributed by atoms with E-state index in [4.69, 9.17) is 16.7 Å². The van der Waals surface area contributed by atoms with E-state index >= 15 is 0 Å². The summed E-state index contributed by atoms with van der Waals surface area (Å²) in [6.45, 7) is 0. The molecule has 0 bridgehead atoms. The van der Waals surface area contributed by atoms with Gasteiger partial charge < -0.3 is 10.2 Å². The van der Waals surface area contributed by atoms with Gasteiger partial charge in [0.2, 0.25) is 0 Å². The van der Waals surface area contributed by atoms with Gasteiger partial charge in [0.05, 0.1) is 5.88 Å². The van der Waals surface area contributed by atoms with E-state index in [-0.39, 0.29) is 18.1 Å². The summed E-state index contributed by atoms with van der Waals surface area (Å²) in [6, 6.07) is 4.84. The summed E-state index contributed by atoms with van der Waals surface area (Å²) < 4.78 is 0. The highest BCUT2D eigenvalue weighted by Crippen LogP contribution is 2.22. The van der Waals surface area contributed by atoms with Crippen LogP contribution in [-0.4, -0.2) is 27.8 Å². The maximum Gasteiger partial charge on any atom is 0.337 e. The summed E-state index contributed by atoms with van der Waals surface area (Å²) >= 11 is 8.65. The van der Waals surface area contributed by atoms with Gasteiger partial charge in [0.1, 0.15) is 0 Å². The van der Waals surface area contributed by atoms with Crippen molar-refractivity contribution in [2.75, 3.05) is 5.88 Å². The Bertz CT molecular complexity index is 461. The lowest BCUT2D eigenvalue weighted by molar-refractivity contribution is -0.147. The zero-order valence-electron chi connectivity index (χ0n) is 9.40. The molecular weight excluding hydrogens is 323 g/mol. The predicted octanol–water partition coefficient (Wildman–Crippen LogP) is 2.05. The van der Waals surface area contributed by atoms with Gasteiger partial charge in [-0.1, -0.05) is 34.1 Å². The number of halogens is 2. The van der Waals surface area contributed by atoms with Crippen LogP contribution in [0.2, 0.25) is 0 Å². The number of hydrogen-bond acceptors (Lipinski definition) is 3. The van der Waals surface area contributed by atoms with Crippen LogP contribution in [0, 0.1) is 0 Å². The number of hydrogen-bond donors (Lipinski definition) is 2. The number of Topliss-reactive ketones (excluding diaryl/α,β-unsaturated/α-hetero) is 1. The molecular formula is C12H12BrClO4. The fourth-order valence-electron chi connectivity index (χ4n) is 1.56. The summed E-state index contributed by atoms with van der Waals surface area (Å²) in [5.41, 5.74) is 1.71. The van der Waals surface area contributed by atoms with Crippen molar-refractivity contribution >= 4 is 39.3 Å². The Hall–Kier alpha value is -0.910. The smallest absolute Gasteiger partial charge is 0.337 e. The molecule has 0 aliphatic rings. The van der Waals surface area contributed by atoms with Gasteiger partial charge in [-0.15, -0.1) is 11.6 Å². The fourth-order valence-corrected chi connectivity index (χ4v) is 2.14. The molecule has 0 amide bonds. The number of ketones is 1. The molecule has 18 heavy (non-hydrogen) atoms. The normalized spacial score (nSPS) is 12.2. The molecule has 1 unspecified atom stereocenters. The van der Waals surface area contributed by atoms with Gasteiger partial charge in [-0.3, -0.25) is 4.79 Å². The summed E-state index contributed by atoms with van der Waals surface area (Å²) in [5.74, 6) is -1.46.